The molecule has 8 heteroatoms. The van der Waals surface area contributed by atoms with Crippen molar-refractivity contribution in [1.82, 2.24) is 9.97 Å². The van der Waals surface area contributed by atoms with Crippen LogP contribution in [0.2, 0.25) is 10.0 Å². The van der Waals surface area contributed by atoms with Crippen LogP contribution in [0.3, 0.4) is 0 Å². The maximum absolute atomic E-state index is 11.7. The molecule has 0 saturated carbocycles. The molecule has 0 fully saturated rings. The molecular formula is C12H11Cl2N5O. The second kappa shape index (κ2) is 4.88. The first-order chi connectivity index (χ1) is 9.54. The van der Waals surface area contributed by atoms with Gasteiger partial charge in [0.05, 0.1) is 16.7 Å². The van der Waals surface area contributed by atoms with E-state index in [4.69, 9.17) is 28.9 Å². The number of halogens is 2. The van der Waals surface area contributed by atoms with Gasteiger partial charge in [-0.1, -0.05) is 29.3 Å². The Morgan fingerprint density at radius 1 is 1.35 bits per heavy atom. The molecule has 2 heterocycles. The molecule has 3 rings (SSSR count). The summed E-state index contributed by atoms with van der Waals surface area (Å²) in [5.74, 6) is 0.633. The Morgan fingerprint density at radius 2 is 2.15 bits per heavy atom. The highest BCUT2D eigenvalue weighted by atomic mass is 35.5. The van der Waals surface area contributed by atoms with Crippen LogP contribution in [0.4, 0.5) is 17.5 Å². The van der Waals surface area contributed by atoms with Gasteiger partial charge in [-0.15, -0.1) is 0 Å². The Kier molecular flexibility index (Phi) is 3.19. The quantitative estimate of drug-likeness (QED) is 0.790. The molecule has 0 radical (unpaired) electrons. The first-order valence-corrected chi connectivity index (χ1v) is 6.63. The Bertz CT molecular complexity index is 730. The van der Waals surface area contributed by atoms with Gasteiger partial charge >= 0.3 is 0 Å². The monoisotopic (exact) mass is 311 g/mol. The molecule has 1 aliphatic rings. The van der Waals surface area contributed by atoms with Crippen LogP contribution in [0, 0.1) is 0 Å². The number of rotatable bonds is 2. The molecule has 0 unspecified atom stereocenters. The number of fused-ring (bicyclic) bond motifs is 1. The van der Waals surface area contributed by atoms with Crippen LogP contribution >= 0.6 is 23.2 Å². The third-order valence-corrected chi connectivity index (χ3v) is 3.76. The molecule has 104 valence electrons. The molecule has 4 N–H and O–H groups in total. The van der Waals surface area contributed by atoms with Crippen molar-refractivity contribution in [3.8, 4) is 0 Å². The topological polar surface area (TPSA) is 87.0 Å². The van der Waals surface area contributed by atoms with Gasteiger partial charge in [-0.05, 0) is 17.7 Å². The van der Waals surface area contributed by atoms with Crippen molar-refractivity contribution in [3.05, 3.63) is 44.2 Å². The zero-order valence-electron chi connectivity index (χ0n) is 10.3. The molecular weight excluding hydrogens is 301 g/mol. The van der Waals surface area contributed by atoms with Crippen LogP contribution in [0.25, 0.3) is 0 Å². The van der Waals surface area contributed by atoms with Crippen molar-refractivity contribution in [3.63, 3.8) is 0 Å². The van der Waals surface area contributed by atoms with Gasteiger partial charge in [-0.2, -0.15) is 4.98 Å². The molecule has 0 spiro atoms. The molecule has 0 bridgehead atoms. The van der Waals surface area contributed by atoms with E-state index in [2.05, 4.69) is 15.3 Å². The maximum Gasteiger partial charge on any atom is 0.277 e. The minimum absolute atomic E-state index is 0.0941. The summed E-state index contributed by atoms with van der Waals surface area (Å²) in [5.41, 5.74) is 6.69. The zero-order chi connectivity index (χ0) is 14.3. The van der Waals surface area contributed by atoms with Gasteiger partial charge in [-0.25, -0.2) is 0 Å². The van der Waals surface area contributed by atoms with E-state index in [0.717, 1.165) is 5.56 Å². The number of hydrogen-bond donors (Lipinski definition) is 3. The van der Waals surface area contributed by atoms with E-state index in [1.165, 1.54) is 0 Å². The van der Waals surface area contributed by atoms with Crippen molar-refractivity contribution in [2.75, 3.05) is 22.6 Å². The molecule has 6 nitrogen and oxygen atoms in total. The minimum Gasteiger partial charge on any atom is -0.369 e. The molecule has 1 aromatic carbocycles. The molecule has 0 atom stereocenters. The first kappa shape index (κ1) is 13.1. The van der Waals surface area contributed by atoms with Gasteiger partial charge in [0, 0.05) is 6.54 Å². The molecule has 1 aromatic heterocycles. The number of nitrogen functional groups attached to an aromatic ring is 1. The lowest BCUT2D eigenvalue weighted by atomic mass is 10.2. The first-order valence-electron chi connectivity index (χ1n) is 5.87. The number of benzene rings is 1. The van der Waals surface area contributed by atoms with E-state index in [0.29, 0.717) is 34.8 Å². The summed E-state index contributed by atoms with van der Waals surface area (Å²) in [4.78, 5) is 20.2. The molecule has 0 aliphatic carbocycles. The fourth-order valence-corrected chi connectivity index (χ4v) is 2.43. The standard InChI is InChI=1S/C12H11Cl2N5O/c13-7-2-1-6(3-8(7)14)4-19-5-16-9-10(19)17-12(15)18-11(9)20/h1-3,16H,4-5H2,(H3,15,17,18,20). The van der Waals surface area contributed by atoms with Crippen molar-refractivity contribution in [2.45, 2.75) is 6.54 Å². The summed E-state index contributed by atoms with van der Waals surface area (Å²) in [7, 11) is 0. The molecule has 1 aliphatic heterocycles. The number of H-pyrrole nitrogens is 1. The Balaban J connectivity index is 1.92. The number of aromatic amines is 1. The van der Waals surface area contributed by atoms with Crippen LogP contribution < -0.4 is 21.5 Å². The van der Waals surface area contributed by atoms with Crippen molar-refractivity contribution < 1.29 is 0 Å². The van der Waals surface area contributed by atoms with Gasteiger partial charge in [-0.3, -0.25) is 9.78 Å². The SMILES string of the molecule is Nc1nc2c(c(=O)[nH]1)NCN2Cc1ccc(Cl)c(Cl)c1. The second-order valence-electron chi connectivity index (χ2n) is 4.43. The normalized spacial score (nSPS) is 13.2. The molecule has 2 aromatic rings. The third-order valence-electron chi connectivity index (χ3n) is 3.02. The number of hydrogen-bond acceptors (Lipinski definition) is 5. The number of aromatic nitrogens is 2. The number of nitrogens with one attached hydrogen (secondary N) is 2. The summed E-state index contributed by atoms with van der Waals surface area (Å²) >= 11 is 11.9. The highest BCUT2D eigenvalue weighted by molar-refractivity contribution is 6.42. The number of nitrogens with two attached hydrogens (primary N) is 1. The van der Waals surface area contributed by atoms with E-state index in [1.807, 2.05) is 11.0 Å². The van der Waals surface area contributed by atoms with Crippen LogP contribution in [0.15, 0.2) is 23.0 Å². The molecule has 0 saturated heterocycles. The largest absolute Gasteiger partial charge is 0.369 e. The highest BCUT2D eigenvalue weighted by Crippen LogP contribution is 2.29. The number of anilines is 3. The lowest BCUT2D eigenvalue weighted by molar-refractivity contribution is 0.856. The van der Waals surface area contributed by atoms with Crippen LogP contribution in [-0.2, 0) is 6.54 Å². The van der Waals surface area contributed by atoms with E-state index in [1.54, 1.807) is 12.1 Å². The highest BCUT2D eigenvalue weighted by Gasteiger charge is 2.23. The van der Waals surface area contributed by atoms with E-state index in [-0.39, 0.29) is 11.5 Å². The number of nitrogens with zero attached hydrogens (tertiary/aromatic N) is 2. The van der Waals surface area contributed by atoms with E-state index >= 15 is 0 Å². The lowest BCUT2D eigenvalue weighted by Crippen LogP contribution is -2.22. The Morgan fingerprint density at radius 3 is 2.90 bits per heavy atom. The zero-order valence-corrected chi connectivity index (χ0v) is 11.8. The average molecular weight is 312 g/mol. The summed E-state index contributed by atoms with van der Waals surface area (Å²) in [5, 5.41) is 4.00. The Labute approximate surface area is 124 Å². The van der Waals surface area contributed by atoms with Gasteiger partial charge in [0.2, 0.25) is 5.95 Å². The second-order valence-corrected chi connectivity index (χ2v) is 5.25. The Hall–Kier alpha value is -1.92. The lowest BCUT2D eigenvalue weighted by Gasteiger charge is -2.17. The van der Waals surface area contributed by atoms with Gasteiger partial charge in [0.1, 0.15) is 5.69 Å². The average Bonchev–Trinajstić information content (AvgIpc) is 2.77. The fourth-order valence-electron chi connectivity index (χ4n) is 2.11. The summed E-state index contributed by atoms with van der Waals surface area (Å²) < 4.78 is 0. The van der Waals surface area contributed by atoms with Crippen LogP contribution in [-0.4, -0.2) is 16.6 Å². The van der Waals surface area contributed by atoms with Crippen molar-refractivity contribution in [2.24, 2.45) is 0 Å². The summed E-state index contributed by atoms with van der Waals surface area (Å²) in [6.07, 6.45) is 0. The minimum atomic E-state index is -0.274. The fraction of sp³-hybridized carbons (Fsp3) is 0.167. The van der Waals surface area contributed by atoms with Crippen LogP contribution in [0.1, 0.15) is 5.56 Å². The van der Waals surface area contributed by atoms with Gasteiger partial charge < -0.3 is 16.0 Å². The molecule has 0 amide bonds. The van der Waals surface area contributed by atoms with Crippen LogP contribution in [0.5, 0.6) is 0 Å². The smallest absolute Gasteiger partial charge is 0.277 e. The molecule has 20 heavy (non-hydrogen) atoms. The summed E-state index contributed by atoms with van der Waals surface area (Å²) in [6, 6.07) is 5.41. The van der Waals surface area contributed by atoms with E-state index in [9.17, 15) is 4.79 Å². The predicted molar refractivity (Wildman–Crippen MR) is 80.4 cm³/mol. The summed E-state index contributed by atoms with van der Waals surface area (Å²) in [6.45, 7) is 1.03. The van der Waals surface area contributed by atoms with Gasteiger partial charge in [0.15, 0.2) is 5.82 Å². The third kappa shape index (κ3) is 2.28. The maximum atomic E-state index is 11.7. The predicted octanol–water partition coefficient (Wildman–Crippen LogP) is 2.05. The van der Waals surface area contributed by atoms with Crippen molar-refractivity contribution >= 4 is 40.7 Å². The van der Waals surface area contributed by atoms with Crippen molar-refractivity contribution in [1.29, 1.82) is 0 Å². The van der Waals surface area contributed by atoms with Gasteiger partial charge in [0.25, 0.3) is 5.56 Å². The van der Waals surface area contributed by atoms with E-state index < -0.39 is 0 Å².